The summed E-state index contributed by atoms with van der Waals surface area (Å²) in [6.45, 7) is 4.86. The molecule has 22 heavy (non-hydrogen) atoms. The molecule has 2 aromatic carbocycles. The Kier molecular flexibility index (Phi) is 6.44. The topological polar surface area (TPSA) is 23.5 Å². The Morgan fingerprint density at radius 1 is 0.909 bits per heavy atom. The van der Waals surface area contributed by atoms with E-state index in [1.165, 1.54) is 11.1 Å². The van der Waals surface area contributed by atoms with Crippen molar-refractivity contribution in [1.82, 2.24) is 4.90 Å². The first-order valence-corrected chi connectivity index (χ1v) is 8.26. The van der Waals surface area contributed by atoms with E-state index in [0.29, 0.717) is 12.6 Å². The third kappa shape index (κ3) is 4.33. The monoisotopic (exact) mass is 317 g/mol. The van der Waals surface area contributed by atoms with Gasteiger partial charge in [0.1, 0.15) is 0 Å². The summed E-state index contributed by atoms with van der Waals surface area (Å²) in [4.78, 5) is 2.30. The molecule has 2 aromatic rings. The number of benzene rings is 2. The van der Waals surface area contributed by atoms with Gasteiger partial charge in [0.2, 0.25) is 0 Å². The molecule has 2 nitrogen and oxygen atoms in total. The lowest BCUT2D eigenvalue weighted by Crippen LogP contribution is -2.41. The van der Waals surface area contributed by atoms with Crippen molar-refractivity contribution in [3.8, 4) is 0 Å². The fourth-order valence-electron chi connectivity index (χ4n) is 2.75. The number of halogens is 1. The first kappa shape index (κ1) is 17.0. The van der Waals surface area contributed by atoms with Crippen molar-refractivity contribution in [2.75, 3.05) is 12.4 Å². The van der Waals surface area contributed by atoms with Crippen LogP contribution in [0.3, 0.4) is 0 Å². The molecule has 0 amide bonds. The Morgan fingerprint density at radius 3 is 1.73 bits per heavy atom. The summed E-state index contributed by atoms with van der Waals surface area (Å²) >= 11 is 5.82. The Labute approximate surface area is 138 Å². The number of aliphatic hydroxyl groups is 1. The molecule has 0 aromatic heterocycles. The molecule has 0 saturated heterocycles. The summed E-state index contributed by atoms with van der Waals surface area (Å²) in [7, 11) is 0. The van der Waals surface area contributed by atoms with Crippen LogP contribution in [-0.2, 0) is 0 Å². The third-order valence-corrected chi connectivity index (χ3v) is 4.18. The predicted octanol–water partition coefficient (Wildman–Crippen LogP) is 4.09. The van der Waals surface area contributed by atoms with Crippen LogP contribution in [0.25, 0.3) is 0 Å². The zero-order chi connectivity index (χ0) is 15.9. The molecule has 0 aliphatic rings. The van der Waals surface area contributed by atoms with E-state index in [9.17, 15) is 5.11 Å². The van der Waals surface area contributed by atoms with Crippen LogP contribution < -0.4 is 0 Å². The first-order chi connectivity index (χ1) is 10.6. The number of alkyl halides is 1. The number of nitrogens with zero attached hydrogens (tertiary/aromatic N) is 1. The standard InChI is InChI=1S/C19H24ClNO/c1-15(2)21(14-18(22)13-20)19(16-9-5-3-6-10-16)17-11-7-4-8-12-17/h3-12,15,18-19,22H,13-14H2,1-2H3. The van der Waals surface area contributed by atoms with Crippen molar-refractivity contribution in [2.24, 2.45) is 0 Å². The molecule has 1 atom stereocenters. The van der Waals surface area contributed by atoms with Crippen molar-refractivity contribution < 1.29 is 5.11 Å². The van der Waals surface area contributed by atoms with Gasteiger partial charge in [-0.25, -0.2) is 0 Å². The van der Waals surface area contributed by atoms with Crippen LogP contribution in [0.4, 0.5) is 0 Å². The highest BCUT2D eigenvalue weighted by atomic mass is 35.5. The molecule has 1 unspecified atom stereocenters. The van der Waals surface area contributed by atoms with Gasteiger partial charge >= 0.3 is 0 Å². The molecule has 1 N–H and O–H groups in total. The lowest BCUT2D eigenvalue weighted by Gasteiger charge is -2.36. The van der Waals surface area contributed by atoms with Gasteiger partial charge in [0.25, 0.3) is 0 Å². The first-order valence-electron chi connectivity index (χ1n) is 7.73. The van der Waals surface area contributed by atoms with Crippen molar-refractivity contribution in [3.05, 3.63) is 71.8 Å². The maximum absolute atomic E-state index is 10.0. The van der Waals surface area contributed by atoms with Crippen LogP contribution in [0.15, 0.2) is 60.7 Å². The van der Waals surface area contributed by atoms with Gasteiger partial charge in [-0.1, -0.05) is 60.7 Å². The maximum Gasteiger partial charge on any atom is 0.0802 e. The van der Waals surface area contributed by atoms with E-state index in [1.807, 2.05) is 12.1 Å². The largest absolute Gasteiger partial charge is 0.391 e. The minimum absolute atomic E-state index is 0.111. The molecule has 0 aliphatic carbocycles. The molecule has 0 aliphatic heterocycles. The van der Waals surface area contributed by atoms with Crippen LogP contribution in [0.2, 0.25) is 0 Å². The quantitative estimate of drug-likeness (QED) is 0.778. The second-order valence-corrected chi connectivity index (χ2v) is 6.13. The highest BCUT2D eigenvalue weighted by Gasteiger charge is 2.26. The van der Waals surface area contributed by atoms with Crippen LogP contribution in [0.1, 0.15) is 31.0 Å². The maximum atomic E-state index is 10.0. The van der Waals surface area contributed by atoms with E-state index in [-0.39, 0.29) is 11.9 Å². The van der Waals surface area contributed by atoms with E-state index in [0.717, 1.165) is 0 Å². The lowest BCUT2D eigenvalue weighted by molar-refractivity contribution is 0.0887. The van der Waals surface area contributed by atoms with E-state index in [1.54, 1.807) is 0 Å². The second-order valence-electron chi connectivity index (χ2n) is 5.82. The van der Waals surface area contributed by atoms with Crippen LogP contribution in [0, 0.1) is 0 Å². The molecule has 0 spiro atoms. The molecule has 0 heterocycles. The van der Waals surface area contributed by atoms with Gasteiger partial charge in [0.05, 0.1) is 12.1 Å². The summed E-state index contributed by atoms with van der Waals surface area (Å²) in [5.74, 6) is 0.250. The van der Waals surface area contributed by atoms with Crippen LogP contribution in [-0.4, -0.2) is 34.6 Å². The molecule has 0 bridgehead atoms. The fourth-order valence-corrected chi connectivity index (χ4v) is 2.85. The summed E-state index contributed by atoms with van der Waals surface area (Å²) in [5.41, 5.74) is 2.45. The van der Waals surface area contributed by atoms with E-state index in [4.69, 9.17) is 11.6 Å². The predicted molar refractivity (Wildman–Crippen MR) is 93.3 cm³/mol. The summed E-state index contributed by atoms with van der Waals surface area (Å²) < 4.78 is 0. The minimum atomic E-state index is -0.529. The van der Waals surface area contributed by atoms with Crippen molar-refractivity contribution in [1.29, 1.82) is 0 Å². The molecule has 3 heteroatoms. The average molecular weight is 318 g/mol. The van der Waals surface area contributed by atoms with Crippen LogP contribution in [0.5, 0.6) is 0 Å². The zero-order valence-electron chi connectivity index (χ0n) is 13.2. The van der Waals surface area contributed by atoms with Gasteiger partial charge in [-0.2, -0.15) is 0 Å². The van der Waals surface area contributed by atoms with Gasteiger partial charge in [-0.15, -0.1) is 11.6 Å². The molecular formula is C19H24ClNO. The third-order valence-electron chi connectivity index (χ3n) is 3.83. The van der Waals surface area contributed by atoms with Gasteiger partial charge in [-0.05, 0) is 25.0 Å². The van der Waals surface area contributed by atoms with Gasteiger partial charge in [0.15, 0.2) is 0 Å². The summed E-state index contributed by atoms with van der Waals surface area (Å²) in [6, 6.07) is 21.2. The Bertz CT molecular complexity index is 504. The summed E-state index contributed by atoms with van der Waals surface area (Å²) in [6.07, 6.45) is -0.529. The molecule has 0 saturated carbocycles. The van der Waals surface area contributed by atoms with Crippen molar-refractivity contribution in [2.45, 2.75) is 32.0 Å². The number of aliphatic hydroxyl groups excluding tert-OH is 1. The van der Waals surface area contributed by atoms with Crippen molar-refractivity contribution in [3.63, 3.8) is 0 Å². The number of rotatable bonds is 7. The smallest absolute Gasteiger partial charge is 0.0802 e. The minimum Gasteiger partial charge on any atom is -0.391 e. The SMILES string of the molecule is CC(C)N(CC(O)CCl)C(c1ccccc1)c1ccccc1. The molecule has 0 radical (unpaired) electrons. The van der Waals surface area contributed by atoms with Crippen molar-refractivity contribution >= 4 is 11.6 Å². The highest BCUT2D eigenvalue weighted by Crippen LogP contribution is 2.30. The fraction of sp³-hybridized carbons (Fsp3) is 0.368. The molecule has 118 valence electrons. The van der Waals surface area contributed by atoms with Gasteiger partial charge < -0.3 is 5.11 Å². The van der Waals surface area contributed by atoms with Crippen LogP contribution >= 0.6 is 11.6 Å². The second kappa shape index (κ2) is 8.33. The Balaban J connectivity index is 2.42. The van der Waals surface area contributed by atoms with E-state index >= 15 is 0 Å². The summed E-state index contributed by atoms with van der Waals surface area (Å²) in [5, 5.41) is 10.0. The average Bonchev–Trinajstić information content (AvgIpc) is 2.56. The van der Waals surface area contributed by atoms with Gasteiger partial charge in [0, 0.05) is 18.5 Å². The molecule has 2 rings (SSSR count). The van der Waals surface area contributed by atoms with E-state index in [2.05, 4.69) is 67.3 Å². The zero-order valence-corrected chi connectivity index (χ0v) is 13.9. The highest BCUT2D eigenvalue weighted by molar-refractivity contribution is 6.18. The van der Waals surface area contributed by atoms with Gasteiger partial charge in [-0.3, -0.25) is 4.90 Å². The number of hydrogen-bond acceptors (Lipinski definition) is 2. The Morgan fingerprint density at radius 2 is 1.36 bits per heavy atom. The number of hydrogen-bond donors (Lipinski definition) is 1. The Hall–Kier alpha value is -1.35. The normalized spacial score (nSPS) is 13.0. The van der Waals surface area contributed by atoms with E-state index < -0.39 is 6.10 Å². The molecule has 0 fully saturated rings. The molecular weight excluding hydrogens is 294 g/mol. The lowest BCUT2D eigenvalue weighted by atomic mass is 9.95.